The second-order valence-electron chi connectivity index (χ2n) is 5.86. The average molecular weight is 369 g/mol. The molecule has 5 nitrogen and oxygen atoms in total. The molecule has 1 atom stereocenters. The number of hydrogen-bond donors (Lipinski definition) is 2. The van der Waals surface area contributed by atoms with Crippen LogP contribution in [0.15, 0.2) is 68.9 Å². The van der Waals surface area contributed by atoms with Gasteiger partial charge >= 0.3 is 0 Å². The van der Waals surface area contributed by atoms with E-state index in [-0.39, 0.29) is 0 Å². The van der Waals surface area contributed by atoms with Gasteiger partial charge in [-0.15, -0.1) is 0 Å². The Bertz CT molecular complexity index is 919. The minimum Gasteiger partial charge on any atom is -0.459 e. The summed E-state index contributed by atoms with van der Waals surface area (Å²) >= 11 is 0. The minimum absolute atomic E-state index is 0.522. The molecule has 136 valence electrons. The molecule has 2 N–H and O–H groups in total. The van der Waals surface area contributed by atoms with Gasteiger partial charge in [-0.3, -0.25) is 9.20 Å². The van der Waals surface area contributed by atoms with Crippen LogP contribution >= 0.6 is 0 Å². The fraction of sp³-hybridized carbons (Fsp3) is 0.250. The van der Waals surface area contributed by atoms with E-state index in [9.17, 15) is 4.21 Å². The van der Waals surface area contributed by atoms with Crippen LogP contribution in [-0.4, -0.2) is 29.5 Å². The van der Waals surface area contributed by atoms with Crippen LogP contribution in [0.5, 0.6) is 0 Å². The SMILES string of the molecule is CN=C(NCCS(=O)c1ccccc1)NCc1oc2ccccc2c1C. The number of nitrogens with zero attached hydrogens (tertiary/aromatic N) is 1. The van der Waals surface area contributed by atoms with Crippen LogP contribution < -0.4 is 10.6 Å². The van der Waals surface area contributed by atoms with Gasteiger partial charge in [0.25, 0.3) is 0 Å². The van der Waals surface area contributed by atoms with E-state index in [1.807, 2.05) is 48.5 Å². The van der Waals surface area contributed by atoms with Crippen LogP contribution in [-0.2, 0) is 17.3 Å². The van der Waals surface area contributed by atoms with Crippen molar-refractivity contribution in [3.8, 4) is 0 Å². The maximum absolute atomic E-state index is 12.2. The molecule has 0 aliphatic heterocycles. The summed E-state index contributed by atoms with van der Waals surface area (Å²) in [6.45, 7) is 3.17. The maximum Gasteiger partial charge on any atom is 0.191 e. The van der Waals surface area contributed by atoms with E-state index in [0.29, 0.717) is 24.8 Å². The molecule has 1 unspecified atom stereocenters. The summed E-state index contributed by atoms with van der Waals surface area (Å²) in [4.78, 5) is 5.05. The maximum atomic E-state index is 12.2. The number of aryl methyl sites for hydroxylation is 1. The van der Waals surface area contributed by atoms with Gasteiger partial charge in [0, 0.05) is 35.2 Å². The van der Waals surface area contributed by atoms with Crippen LogP contribution in [0.25, 0.3) is 11.0 Å². The molecule has 1 aromatic heterocycles. The van der Waals surface area contributed by atoms with Crippen molar-refractivity contribution in [1.29, 1.82) is 0 Å². The Morgan fingerprint density at radius 1 is 1.08 bits per heavy atom. The predicted molar refractivity (Wildman–Crippen MR) is 107 cm³/mol. The van der Waals surface area contributed by atoms with Crippen molar-refractivity contribution in [3.63, 3.8) is 0 Å². The number of rotatable bonds is 6. The molecule has 0 radical (unpaired) electrons. The van der Waals surface area contributed by atoms with E-state index in [1.54, 1.807) is 7.05 Å². The zero-order chi connectivity index (χ0) is 18.4. The Kier molecular flexibility index (Phi) is 6.07. The van der Waals surface area contributed by atoms with E-state index in [4.69, 9.17) is 4.42 Å². The third kappa shape index (κ3) is 4.32. The Balaban J connectivity index is 1.52. The third-order valence-electron chi connectivity index (χ3n) is 4.17. The van der Waals surface area contributed by atoms with Gasteiger partial charge in [0.15, 0.2) is 5.96 Å². The van der Waals surface area contributed by atoms with Gasteiger partial charge in [-0.25, -0.2) is 0 Å². The molecular weight excluding hydrogens is 346 g/mol. The lowest BCUT2D eigenvalue weighted by Crippen LogP contribution is -2.38. The summed E-state index contributed by atoms with van der Waals surface area (Å²) in [5.41, 5.74) is 2.02. The van der Waals surface area contributed by atoms with Gasteiger partial charge in [0.05, 0.1) is 17.3 Å². The molecule has 2 aromatic carbocycles. The molecule has 0 spiro atoms. The number of para-hydroxylation sites is 1. The summed E-state index contributed by atoms with van der Waals surface area (Å²) < 4.78 is 18.1. The quantitative estimate of drug-likeness (QED) is 0.517. The third-order valence-corrected chi connectivity index (χ3v) is 5.54. The second-order valence-corrected chi connectivity index (χ2v) is 7.43. The van der Waals surface area contributed by atoms with E-state index in [1.165, 1.54) is 0 Å². The molecule has 6 heteroatoms. The normalized spacial score (nSPS) is 12.9. The highest BCUT2D eigenvalue weighted by Crippen LogP contribution is 2.24. The first kappa shape index (κ1) is 18.2. The highest BCUT2D eigenvalue weighted by molar-refractivity contribution is 7.85. The number of nitrogens with one attached hydrogen (secondary N) is 2. The Morgan fingerprint density at radius 2 is 1.81 bits per heavy atom. The largest absolute Gasteiger partial charge is 0.459 e. The van der Waals surface area contributed by atoms with Crippen molar-refractivity contribution >= 4 is 27.7 Å². The van der Waals surface area contributed by atoms with Crippen molar-refractivity contribution < 1.29 is 8.63 Å². The summed E-state index contributed by atoms with van der Waals surface area (Å²) in [6.07, 6.45) is 0. The van der Waals surface area contributed by atoms with Crippen LogP contribution in [0.4, 0.5) is 0 Å². The summed E-state index contributed by atoms with van der Waals surface area (Å²) in [6, 6.07) is 17.5. The number of furan rings is 1. The number of aliphatic imine (C=N–C) groups is 1. The van der Waals surface area contributed by atoms with Crippen LogP contribution in [0.2, 0.25) is 0 Å². The summed E-state index contributed by atoms with van der Waals surface area (Å²) in [5.74, 6) is 2.07. The lowest BCUT2D eigenvalue weighted by atomic mass is 10.1. The Hall–Kier alpha value is -2.60. The Morgan fingerprint density at radius 3 is 2.54 bits per heavy atom. The van der Waals surface area contributed by atoms with Gasteiger partial charge in [-0.2, -0.15) is 0 Å². The van der Waals surface area contributed by atoms with Gasteiger partial charge in [0.2, 0.25) is 0 Å². The molecule has 0 saturated heterocycles. The predicted octanol–water partition coefficient (Wildman–Crippen LogP) is 3.21. The molecule has 0 fully saturated rings. The van der Waals surface area contributed by atoms with Gasteiger partial charge in [-0.1, -0.05) is 36.4 Å². The molecular formula is C20H23N3O2S. The molecule has 1 heterocycles. The van der Waals surface area contributed by atoms with Crippen LogP contribution in [0, 0.1) is 6.92 Å². The molecule has 0 saturated carbocycles. The fourth-order valence-corrected chi connectivity index (χ4v) is 3.71. The minimum atomic E-state index is -1.02. The number of benzene rings is 2. The number of hydrogen-bond acceptors (Lipinski definition) is 3. The number of fused-ring (bicyclic) bond motifs is 1. The van der Waals surface area contributed by atoms with E-state index in [2.05, 4.69) is 28.6 Å². The highest BCUT2D eigenvalue weighted by Gasteiger charge is 2.10. The lowest BCUT2D eigenvalue weighted by Gasteiger charge is -2.11. The van der Waals surface area contributed by atoms with Crippen LogP contribution in [0.1, 0.15) is 11.3 Å². The fourth-order valence-electron chi connectivity index (χ4n) is 2.73. The molecule has 0 aliphatic rings. The van der Waals surface area contributed by atoms with Crippen LogP contribution in [0.3, 0.4) is 0 Å². The van der Waals surface area contributed by atoms with E-state index in [0.717, 1.165) is 27.2 Å². The average Bonchev–Trinajstić information content (AvgIpc) is 3.01. The van der Waals surface area contributed by atoms with Crippen molar-refractivity contribution in [2.75, 3.05) is 19.3 Å². The Labute approximate surface area is 156 Å². The molecule has 0 amide bonds. The standard InChI is InChI=1S/C20H23N3O2S/c1-15-17-10-6-7-11-18(17)25-19(15)14-23-20(21-2)22-12-13-26(24)16-8-4-3-5-9-16/h3-11H,12-14H2,1-2H3,(H2,21,22,23). The molecule has 3 aromatic rings. The first-order chi connectivity index (χ1) is 12.7. The van der Waals surface area contributed by atoms with Gasteiger partial charge in [0.1, 0.15) is 11.3 Å². The first-order valence-electron chi connectivity index (χ1n) is 8.54. The van der Waals surface area contributed by atoms with Crippen molar-refractivity contribution in [2.45, 2.75) is 18.4 Å². The van der Waals surface area contributed by atoms with Gasteiger partial charge < -0.3 is 15.1 Å². The second kappa shape index (κ2) is 8.67. The van der Waals surface area contributed by atoms with E-state index >= 15 is 0 Å². The molecule has 0 bridgehead atoms. The van der Waals surface area contributed by atoms with Crippen molar-refractivity contribution in [3.05, 3.63) is 65.9 Å². The zero-order valence-corrected chi connectivity index (χ0v) is 15.8. The van der Waals surface area contributed by atoms with E-state index < -0.39 is 10.8 Å². The highest BCUT2D eigenvalue weighted by atomic mass is 32.2. The number of guanidine groups is 1. The van der Waals surface area contributed by atoms with Gasteiger partial charge in [-0.05, 0) is 25.1 Å². The zero-order valence-electron chi connectivity index (χ0n) is 15.0. The first-order valence-corrected chi connectivity index (χ1v) is 9.86. The van der Waals surface area contributed by atoms with Crippen molar-refractivity contribution in [2.24, 2.45) is 4.99 Å². The lowest BCUT2D eigenvalue weighted by molar-refractivity contribution is 0.535. The summed E-state index contributed by atoms with van der Waals surface area (Å²) in [5, 5.41) is 7.58. The molecule has 3 rings (SSSR count). The molecule has 26 heavy (non-hydrogen) atoms. The monoisotopic (exact) mass is 369 g/mol. The summed E-state index contributed by atoms with van der Waals surface area (Å²) in [7, 11) is 0.697. The smallest absolute Gasteiger partial charge is 0.191 e. The van der Waals surface area contributed by atoms with Crippen molar-refractivity contribution in [1.82, 2.24) is 10.6 Å². The molecule has 0 aliphatic carbocycles. The topological polar surface area (TPSA) is 66.6 Å².